The summed E-state index contributed by atoms with van der Waals surface area (Å²) in [7, 11) is 0. The molecule has 2 atom stereocenters. The number of benzene rings is 1. The van der Waals surface area contributed by atoms with E-state index in [9.17, 15) is 9.59 Å². The van der Waals surface area contributed by atoms with Crippen LogP contribution in [0.5, 0.6) is 0 Å². The van der Waals surface area contributed by atoms with E-state index in [0.29, 0.717) is 13.1 Å². The lowest BCUT2D eigenvalue weighted by molar-refractivity contribution is -0.141. The molecule has 2 unspecified atom stereocenters. The van der Waals surface area contributed by atoms with Gasteiger partial charge in [-0.1, -0.05) is 31.0 Å². The fourth-order valence-electron chi connectivity index (χ4n) is 5.12. The van der Waals surface area contributed by atoms with Crippen LogP contribution in [0, 0.1) is 11.8 Å². The minimum atomic E-state index is -0.388. The molecule has 0 spiro atoms. The van der Waals surface area contributed by atoms with Gasteiger partial charge in [0.1, 0.15) is 0 Å². The van der Waals surface area contributed by atoms with Crippen molar-refractivity contribution in [2.75, 3.05) is 24.5 Å². The number of likely N-dealkylation sites (tertiary alicyclic amines) is 1. The smallest absolute Gasteiger partial charge is 0.230 e. The van der Waals surface area contributed by atoms with E-state index in [1.165, 1.54) is 5.56 Å². The molecule has 1 aromatic carbocycles. The van der Waals surface area contributed by atoms with Crippen molar-refractivity contribution >= 4 is 17.5 Å². The van der Waals surface area contributed by atoms with Gasteiger partial charge in [0, 0.05) is 36.8 Å². The lowest BCUT2D eigenvalue weighted by Crippen LogP contribution is -2.55. The third-order valence-corrected chi connectivity index (χ3v) is 6.86. The molecular formula is C22H31N3O2. The van der Waals surface area contributed by atoms with E-state index < -0.39 is 0 Å². The maximum atomic E-state index is 13.0. The predicted molar refractivity (Wildman–Crippen MR) is 106 cm³/mol. The zero-order valence-corrected chi connectivity index (χ0v) is 16.3. The third-order valence-electron chi connectivity index (χ3n) is 6.86. The molecule has 2 N–H and O–H groups in total. The van der Waals surface area contributed by atoms with Crippen LogP contribution in [0.2, 0.25) is 0 Å². The van der Waals surface area contributed by atoms with Crippen molar-refractivity contribution in [2.45, 2.75) is 57.4 Å². The highest BCUT2D eigenvalue weighted by atomic mass is 16.2. The molecule has 146 valence electrons. The zero-order valence-electron chi connectivity index (χ0n) is 16.3. The van der Waals surface area contributed by atoms with Gasteiger partial charge in [0.2, 0.25) is 11.8 Å². The summed E-state index contributed by atoms with van der Waals surface area (Å²) >= 11 is 0. The molecule has 3 aliphatic rings. The number of anilines is 1. The van der Waals surface area contributed by atoms with Gasteiger partial charge in [0.15, 0.2) is 0 Å². The van der Waals surface area contributed by atoms with Gasteiger partial charge in [-0.3, -0.25) is 9.59 Å². The van der Waals surface area contributed by atoms with Crippen molar-refractivity contribution in [3.05, 3.63) is 29.8 Å². The Morgan fingerprint density at radius 2 is 1.78 bits per heavy atom. The second-order valence-electron chi connectivity index (χ2n) is 8.77. The molecule has 5 nitrogen and oxygen atoms in total. The molecule has 1 aromatic rings. The van der Waals surface area contributed by atoms with Crippen LogP contribution >= 0.6 is 0 Å². The van der Waals surface area contributed by atoms with Gasteiger partial charge in [-0.2, -0.15) is 0 Å². The number of para-hydroxylation sites is 1. The molecule has 0 aromatic heterocycles. The molecule has 27 heavy (non-hydrogen) atoms. The first-order chi connectivity index (χ1) is 13.0. The quantitative estimate of drug-likeness (QED) is 0.872. The van der Waals surface area contributed by atoms with E-state index in [2.05, 4.69) is 6.07 Å². The van der Waals surface area contributed by atoms with Crippen LogP contribution in [0.4, 0.5) is 5.69 Å². The molecule has 2 aliphatic heterocycles. The first kappa shape index (κ1) is 18.5. The molecule has 2 fully saturated rings. The summed E-state index contributed by atoms with van der Waals surface area (Å²) in [6, 6.07) is 8.19. The number of nitrogens with two attached hydrogens (primary N) is 1. The number of rotatable bonds is 2. The van der Waals surface area contributed by atoms with Gasteiger partial charge in [0.25, 0.3) is 0 Å². The molecule has 0 radical (unpaired) electrons. The second kappa shape index (κ2) is 7.27. The summed E-state index contributed by atoms with van der Waals surface area (Å²) in [5.41, 5.74) is 8.37. The van der Waals surface area contributed by atoms with E-state index in [1.807, 2.05) is 34.9 Å². The molecule has 5 heteroatoms. The first-order valence-corrected chi connectivity index (χ1v) is 10.4. The topological polar surface area (TPSA) is 66.6 Å². The predicted octanol–water partition coefficient (Wildman–Crippen LogP) is 2.72. The second-order valence-corrected chi connectivity index (χ2v) is 8.77. The molecule has 1 saturated heterocycles. The molecule has 4 rings (SSSR count). The fourth-order valence-corrected chi connectivity index (χ4v) is 5.12. The van der Waals surface area contributed by atoms with Crippen LogP contribution in [0.15, 0.2) is 24.3 Å². The fraction of sp³-hybridized carbons (Fsp3) is 0.636. The number of amides is 2. The van der Waals surface area contributed by atoms with Crippen molar-refractivity contribution in [3.63, 3.8) is 0 Å². The summed E-state index contributed by atoms with van der Waals surface area (Å²) in [6.07, 6.45) is 6.49. The normalized spacial score (nSPS) is 28.9. The number of piperidine rings is 1. The van der Waals surface area contributed by atoms with Crippen molar-refractivity contribution in [1.29, 1.82) is 0 Å². The highest BCUT2D eigenvalue weighted by Gasteiger charge is 2.41. The Hall–Kier alpha value is -1.88. The van der Waals surface area contributed by atoms with Gasteiger partial charge in [-0.25, -0.2) is 0 Å². The van der Waals surface area contributed by atoms with Crippen LogP contribution < -0.4 is 10.6 Å². The van der Waals surface area contributed by atoms with Gasteiger partial charge in [0.05, 0.1) is 5.92 Å². The average Bonchev–Trinajstić information content (AvgIpc) is 3.11. The van der Waals surface area contributed by atoms with Gasteiger partial charge in [-0.15, -0.1) is 0 Å². The Balaban J connectivity index is 1.36. The lowest BCUT2D eigenvalue weighted by Gasteiger charge is -2.42. The summed E-state index contributed by atoms with van der Waals surface area (Å²) in [6.45, 7) is 4.16. The number of hydrogen-bond acceptors (Lipinski definition) is 3. The third kappa shape index (κ3) is 3.49. The van der Waals surface area contributed by atoms with Gasteiger partial charge in [-0.05, 0) is 50.7 Å². The van der Waals surface area contributed by atoms with Crippen molar-refractivity contribution in [1.82, 2.24) is 4.90 Å². The summed E-state index contributed by atoms with van der Waals surface area (Å²) in [5.74, 6) is 0.394. The number of fused-ring (bicyclic) bond motifs is 1. The standard InChI is InChI=1S/C22H31N3O2/c1-22(23)12-5-4-7-18(22)21(27)24-13-9-17(10-14-24)20(26)25-15-11-16-6-2-3-8-19(16)25/h2-3,6,8,17-18H,4-5,7,9-15,23H2,1H3. The average molecular weight is 370 g/mol. The summed E-state index contributed by atoms with van der Waals surface area (Å²) in [4.78, 5) is 30.0. The first-order valence-electron chi connectivity index (χ1n) is 10.4. The Morgan fingerprint density at radius 3 is 2.52 bits per heavy atom. The Labute approximate surface area is 161 Å². The SMILES string of the molecule is CC1(N)CCCCC1C(=O)N1CCC(C(=O)N2CCc3ccccc32)CC1. The van der Waals surface area contributed by atoms with E-state index in [0.717, 1.165) is 57.2 Å². The van der Waals surface area contributed by atoms with Crippen LogP contribution in [-0.2, 0) is 16.0 Å². The van der Waals surface area contributed by atoms with E-state index in [4.69, 9.17) is 5.73 Å². The van der Waals surface area contributed by atoms with Gasteiger partial charge >= 0.3 is 0 Å². The molecule has 2 heterocycles. The molecule has 1 saturated carbocycles. The van der Waals surface area contributed by atoms with Crippen LogP contribution in [0.3, 0.4) is 0 Å². The highest BCUT2D eigenvalue weighted by molar-refractivity contribution is 5.97. The minimum absolute atomic E-state index is 0.0239. The minimum Gasteiger partial charge on any atom is -0.342 e. The maximum Gasteiger partial charge on any atom is 0.230 e. The summed E-state index contributed by atoms with van der Waals surface area (Å²) < 4.78 is 0. The molecule has 1 aliphatic carbocycles. The van der Waals surface area contributed by atoms with Crippen molar-refractivity contribution < 1.29 is 9.59 Å². The van der Waals surface area contributed by atoms with Crippen molar-refractivity contribution in [3.8, 4) is 0 Å². The monoisotopic (exact) mass is 369 g/mol. The van der Waals surface area contributed by atoms with E-state index in [1.54, 1.807) is 0 Å². The number of hydrogen-bond donors (Lipinski definition) is 1. The maximum absolute atomic E-state index is 13.0. The van der Waals surface area contributed by atoms with E-state index in [-0.39, 0.29) is 29.2 Å². The van der Waals surface area contributed by atoms with E-state index >= 15 is 0 Å². The van der Waals surface area contributed by atoms with Gasteiger partial charge < -0.3 is 15.5 Å². The number of carbonyl (C=O) groups is 2. The Bertz CT molecular complexity index is 722. The van der Waals surface area contributed by atoms with Crippen LogP contribution in [-0.4, -0.2) is 41.9 Å². The zero-order chi connectivity index (χ0) is 19.0. The molecule has 0 bridgehead atoms. The highest BCUT2D eigenvalue weighted by Crippen LogP contribution is 2.35. The van der Waals surface area contributed by atoms with Crippen molar-refractivity contribution in [2.24, 2.45) is 17.6 Å². The Kier molecular flexibility index (Phi) is 4.97. The largest absolute Gasteiger partial charge is 0.342 e. The van der Waals surface area contributed by atoms with Crippen LogP contribution in [0.25, 0.3) is 0 Å². The Morgan fingerprint density at radius 1 is 1.04 bits per heavy atom. The van der Waals surface area contributed by atoms with Crippen LogP contribution in [0.1, 0.15) is 51.0 Å². The lowest BCUT2D eigenvalue weighted by atomic mass is 9.73. The summed E-state index contributed by atoms with van der Waals surface area (Å²) in [5, 5.41) is 0. The molecular weight excluding hydrogens is 338 g/mol. The molecule has 2 amide bonds. The number of nitrogens with zero attached hydrogens (tertiary/aromatic N) is 2. The number of carbonyl (C=O) groups excluding carboxylic acids is 2.